The number of phenols is 1. The Labute approximate surface area is 269 Å². The van der Waals surface area contributed by atoms with Gasteiger partial charge in [0.1, 0.15) is 11.5 Å². The van der Waals surface area contributed by atoms with Crippen LogP contribution in [0.5, 0.6) is 11.5 Å². The van der Waals surface area contributed by atoms with Crippen molar-refractivity contribution in [2.45, 2.75) is 71.4 Å². The van der Waals surface area contributed by atoms with E-state index in [0.717, 1.165) is 22.6 Å². The number of Topliss-reactive ketones (excluding diaryl/α,β-unsaturated/α-hetero) is 1. The molecule has 0 aliphatic heterocycles. The maximum atomic E-state index is 13.7. The SMILES string of the molecule is CCOC(=O)c1ccc(Nc2nnc(SCC(=O)c3cc(C(C)(C)C)c(O)c(C(C)(C)C)c3)n2-c2ccc(OCC)cc2)cc1. The zero-order valence-electron chi connectivity index (χ0n) is 27.2. The standard InChI is InChI=1S/C35H42N4O5S/c1-9-43-26-17-15-25(16-18-26)39-32(36-24-13-11-22(12-14-24)31(42)44-10-2)37-38-33(39)45-21-29(40)23-19-27(34(3,4)5)30(41)28(20-23)35(6,7)8/h11-20,41H,9-10,21H2,1-8H3,(H,36,37). The van der Waals surface area contributed by atoms with Gasteiger partial charge in [-0.1, -0.05) is 53.3 Å². The Morgan fingerprint density at radius 2 is 1.44 bits per heavy atom. The zero-order valence-corrected chi connectivity index (χ0v) is 28.0. The lowest BCUT2D eigenvalue weighted by molar-refractivity contribution is 0.0526. The average molecular weight is 631 g/mol. The maximum absolute atomic E-state index is 13.7. The van der Waals surface area contributed by atoms with E-state index in [9.17, 15) is 14.7 Å². The van der Waals surface area contributed by atoms with Gasteiger partial charge in [0.15, 0.2) is 10.9 Å². The van der Waals surface area contributed by atoms with Crippen LogP contribution >= 0.6 is 11.8 Å². The van der Waals surface area contributed by atoms with E-state index in [1.54, 1.807) is 43.3 Å². The van der Waals surface area contributed by atoms with Crippen LogP contribution in [0.25, 0.3) is 5.69 Å². The van der Waals surface area contributed by atoms with Crippen LogP contribution in [-0.2, 0) is 15.6 Å². The summed E-state index contributed by atoms with van der Waals surface area (Å²) in [6, 6.07) is 18.1. The third-order valence-electron chi connectivity index (χ3n) is 7.07. The summed E-state index contributed by atoms with van der Waals surface area (Å²) in [5.74, 6) is 1.05. The summed E-state index contributed by atoms with van der Waals surface area (Å²) in [5.41, 5.74) is 3.24. The number of hydrogen-bond donors (Lipinski definition) is 2. The van der Waals surface area contributed by atoms with E-state index < -0.39 is 0 Å². The van der Waals surface area contributed by atoms with Gasteiger partial charge < -0.3 is 19.9 Å². The quantitative estimate of drug-likeness (QED) is 0.0970. The Kier molecular flexibility index (Phi) is 10.3. The number of anilines is 2. The molecule has 0 saturated carbocycles. The first-order chi connectivity index (χ1) is 21.2. The van der Waals surface area contributed by atoms with Crippen molar-refractivity contribution < 1.29 is 24.2 Å². The van der Waals surface area contributed by atoms with Crippen LogP contribution in [0.2, 0.25) is 0 Å². The molecule has 0 radical (unpaired) electrons. The predicted molar refractivity (Wildman–Crippen MR) is 179 cm³/mol. The number of esters is 1. The van der Waals surface area contributed by atoms with Crippen molar-refractivity contribution in [3.8, 4) is 17.2 Å². The topological polar surface area (TPSA) is 116 Å². The van der Waals surface area contributed by atoms with Gasteiger partial charge >= 0.3 is 5.97 Å². The molecule has 0 amide bonds. The first-order valence-corrected chi connectivity index (χ1v) is 16.0. The van der Waals surface area contributed by atoms with Gasteiger partial charge in [-0.3, -0.25) is 9.36 Å². The largest absolute Gasteiger partial charge is 0.507 e. The number of phenolic OH excluding ortho intramolecular Hbond substituents is 1. The molecule has 4 aromatic rings. The number of carbonyl (C=O) groups is 2. The number of thioether (sulfide) groups is 1. The summed E-state index contributed by atoms with van der Waals surface area (Å²) in [5, 5.41) is 23.7. The summed E-state index contributed by atoms with van der Waals surface area (Å²) in [6.07, 6.45) is 0. The lowest BCUT2D eigenvalue weighted by Crippen LogP contribution is -2.19. The molecule has 1 heterocycles. The van der Waals surface area contributed by atoms with Crippen LogP contribution in [0, 0.1) is 0 Å². The molecule has 10 heteroatoms. The molecule has 0 fully saturated rings. The fourth-order valence-corrected chi connectivity index (χ4v) is 5.57. The van der Waals surface area contributed by atoms with Crippen molar-refractivity contribution in [3.63, 3.8) is 0 Å². The lowest BCUT2D eigenvalue weighted by Gasteiger charge is -2.28. The minimum absolute atomic E-state index is 0.0821. The first kappa shape index (κ1) is 33.6. The number of nitrogens with one attached hydrogen (secondary N) is 1. The Bertz CT molecular complexity index is 1610. The monoisotopic (exact) mass is 630 g/mol. The number of aromatic hydroxyl groups is 1. The first-order valence-electron chi connectivity index (χ1n) is 15.0. The van der Waals surface area contributed by atoms with E-state index in [2.05, 4.69) is 15.5 Å². The Hall–Kier alpha value is -4.31. The van der Waals surface area contributed by atoms with Gasteiger partial charge in [0.2, 0.25) is 5.95 Å². The van der Waals surface area contributed by atoms with Crippen LogP contribution in [-0.4, -0.2) is 50.6 Å². The molecule has 45 heavy (non-hydrogen) atoms. The fraction of sp³-hybridized carbons (Fsp3) is 0.371. The normalized spacial score (nSPS) is 11.7. The van der Waals surface area contributed by atoms with Crippen LogP contribution in [0.3, 0.4) is 0 Å². The molecule has 0 aliphatic carbocycles. The number of ether oxygens (including phenoxy) is 2. The number of aromatic nitrogens is 3. The molecular formula is C35H42N4O5S. The zero-order chi connectivity index (χ0) is 32.9. The van der Waals surface area contributed by atoms with Gasteiger partial charge in [0.25, 0.3) is 0 Å². The molecule has 0 atom stereocenters. The molecule has 0 bridgehead atoms. The van der Waals surface area contributed by atoms with Crippen LogP contribution in [0.4, 0.5) is 11.6 Å². The summed E-state index contributed by atoms with van der Waals surface area (Å²) >= 11 is 1.28. The molecule has 4 rings (SSSR count). The molecule has 0 unspecified atom stereocenters. The second-order valence-electron chi connectivity index (χ2n) is 12.6. The van der Waals surface area contributed by atoms with Crippen LogP contribution in [0.15, 0.2) is 65.8 Å². The number of nitrogens with zero attached hydrogens (tertiary/aromatic N) is 3. The highest BCUT2D eigenvalue weighted by molar-refractivity contribution is 7.99. The minimum Gasteiger partial charge on any atom is -0.507 e. The fourth-order valence-electron chi connectivity index (χ4n) is 4.72. The van der Waals surface area contributed by atoms with Gasteiger partial charge in [-0.2, -0.15) is 0 Å². The molecule has 1 aromatic heterocycles. The van der Waals surface area contributed by atoms with Crippen molar-refractivity contribution >= 4 is 35.2 Å². The van der Waals surface area contributed by atoms with Gasteiger partial charge in [-0.15, -0.1) is 10.2 Å². The van der Waals surface area contributed by atoms with E-state index >= 15 is 0 Å². The molecule has 0 spiro atoms. The van der Waals surface area contributed by atoms with Gasteiger partial charge in [-0.05, 0) is 85.3 Å². The highest BCUT2D eigenvalue weighted by Crippen LogP contribution is 2.40. The molecule has 0 aliphatic rings. The molecule has 3 aromatic carbocycles. The molecular weight excluding hydrogens is 588 g/mol. The highest BCUT2D eigenvalue weighted by Gasteiger charge is 2.28. The summed E-state index contributed by atoms with van der Waals surface area (Å²) in [4.78, 5) is 25.7. The van der Waals surface area contributed by atoms with Crippen LogP contribution < -0.4 is 10.1 Å². The Morgan fingerprint density at radius 1 is 0.844 bits per heavy atom. The van der Waals surface area contributed by atoms with Gasteiger partial charge in [0.05, 0.1) is 30.2 Å². The number of ketones is 1. The van der Waals surface area contributed by atoms with E-state index in [1.165, 1.54) is 11.8 Å². The molecule has 9 nitrogen and oxygen atoms in total. The van der Waals surface area contributed by atoms with E-state index in [1.807, 2.05) is 77.3 Å². The number of hydrogen-bond acceptors (Lipinski definition) is 9. The number of benzene rings is 3. The van der Waals surface area contributed by atoms with Crippen molar-refractivity contribution in [1.29, 1.82) is 0 Å². The van der Waals surface area contributed by atoms with Crippen LogP contribution in [0.1, 0.15) is 87.2 Å². The molecule has 2 N–H and O–H groups in total. The highest BCUT2D eigenvalue weighted by atomic mass is 32.2. The van der Waals surface area contributed by atoms with Crippen molar-refractivity contribution in [3.05, 3.63) is 82.9 Å². The Balaban J connectivity index is 1.66. The van der Waals surface area contributed by atoms with Crippen molar-refractivity contribution in [1.82, 2.24) is 14.8 Å². The van der Waals surface area contributed by atoms with E-state index in [-0.39, 0.29) is 34.1 Å². The number of carbonyl (C=O) groups excluding carboxylic acids is 2. The molecule has 238 valence electrons. The maximum Gasteiger partial charge on any atom is 0.338 e. The third kappa shape index (κ3) is 8.05. The van der Waals surface area contributed by atoms with E-state index in [0.29, 0.717) is 41.1 Å². The third-order valence-corrected chi connectivity index (χ3v) is 8.00. The van der Waals surface area contributed by atoms with Crippen molar-refractivity contribution in [2.75, 3.05) is 24.3 Å². The van der Waals surface area contributed by atoms with Gasteiger partial charge in [0, 0.05) is 22.4 Å². The van der Waals surface area contributed by atoms with Gasteiger partial charge in [-0.25, -0.2) is 4.79 Å². The minimum atomic E-state index is -0.386. The average Bonchev–Trinajstić information content (AvgIpc) is 3.38. The molecule has 0 saturated heterocycles. The van der Waals surface area contributed by atoms with E-state index in [4.69, 9.17) is 9.47 Å². The number of rotatable bonds is 11. The summed E-state index contributed by atoms with van der Waals surface area (Å²) in [6.45, 7) is 16.7. The summed E-state index contributed by atoms with van der Waals surface area (Å²) < 4.78 is 12.5. The van der Waals surface area contributed by atoms with Crippen molar-refractivity contribution in [2.24, 2.45) is 0 Å². The second-order valence-corrected chi connectivity index (χ2v) is 13.6. The summed E-state index contributed by atoms with van der Waals surface area (Å²) in [7, 11) is 0. The lowest BCUT2D eigenvalue weighted by atomic mass is 9.78. The smallest absolute Gasteiger partial charge is 0.338 e. The second kappa shape index (κ2) is 13.8. The Morgan fingerprint density at radius 3 is 1.98 bits per heavy atom. The predicted octanol–water partition coefficient (Wildman–Crippen LogP) is 7.86.